The number of aromatic nitrogens is 2. The third-order valence-electron chi connectivity index (χ3n) is 7.23. The van der Waals surface area contributed by atoms with Crippen LogP contribution in [-0.2, 0) is 27.6 Å². The molecule has 1 amide bonds. The summed E-state index contributed by atoms with van der Waals surface area (Å²) in [6.45, 7) is 13.8. The summed E-state index contributed by atoms with van der Waals surface area (Å²) in [7, 11) is -1.47. The van der Waals surface area contributed by atoms with Crippen LogP contribution in [0.2, 0.25) is 25.7 Å². The van der Waals surface area contributed by atoms with Crippen LogP contribution in [-0.4, -0.2) is 71.1 Å². The Balaban J connectivity index is 2.63. The number of nitrogens with one attached hydrogen (secondary N) is 2. The van der Waals surface area contributed by atoms with E-state index in [-0.39, 0.29) is 18.1 Å². The third-order valence-corrected chi connectivity index (χ3v) is 10.5. The number of nitrogens with zero attached hydrogens (tertiary/aromatic N) is 2. The van der Waals surface area contributed by atoms with Crippen molar-refractivity contribution in [2.75, 3.05) is 13.3 Å². The number of hydrogen-bond acceptors (Lipinski definition) is 5. The van der Waals surface area contributed by atoms with Crippen molar-refractivity contribution in [1.29, 1.82) is 0 Å². The lowest BCUT2D eigenvalue weighted by Crippen LogP contribution is -2.49. The highest BCUT2D eigenvalue weighted by Crippen LogP contribution is 2.40. The largest absolute Gasteiger partial charge is 0.598 e. The molecule has 0 fully saturated rings. The fourth-order valence-electron chi connectivity index (χ4n) is 4.05. The van der Waals surface area contributed by atoms with Crippen molar-refractivity contribution in [3.63, 3.8) is 0 Å². The third kappa shape index (κ3) is 9.84. The van der Waals surface area contributed by atoms with Crippen molar-refractivity contribution >= 4 is 36.4 Å². The van der Waals surface area contributed by atoms with Crippen molar-refractivity contribution < 1.29 is 40.4 Å². The SMILES string of the molecule is C[C@@H](NC(=O)C(F)C(F)CF)c1ccc2c(c1)nc([C@H](N[S+]([O-])C(C)(C)C)C(F)C(C)(C)C(F)F)n2COCC[Si](C)(C)C. The van der Waals surface area contributed by atoms with Crippen LogP contribution < -0.4 is 10.0 Å². The molecule has 4 unspecified atom stereocenters. The fourth-order valence-corrected chi connectivity index (χ4v) is 5.61. The van der Waals surface area contributed by atoms with Crippen LogP contribution in [0.15, 0.2) is 18.2 Å². The Morgan fingerprint density at radius 2 is 1.73 bits per heavy atom. The highest BCUT2D eigenvalue weighted by Gasteiger charge is 2.48. The van der Waals surface area contributed by atoms with E-state index in [0.29, 0.717) is 17.7 Å². The van der Waals surface area contributed by atoms with Crippen molar-refractivity contribution in [3.8, 4) is 0 Å². The maximum absolute atomic E-state index is 16.2. The average Bonchev–Trinajstić information content (AvgIpc) is 3.28. The first kappa shape index (κ1) is 38.4. The zero-order valence-electron chi connectivity index (χ0n) is 26.8. The summed E-state index contributed by atoms with van der Waals surface area (Å²) >= 11 is -1.88. The van der Waals surface area contributed by atoms with Crippen molar-refractivity contribution in [2.45, 2.75) is 116 Å². The van der Waals surface area contributed by atoms with Crippen LogP contribution in [0.5, 0.6) is 0 Å². The van der Waals surface area contributed by atoms with Gasteiger partial charge in [-0.25, -0.2) is 31.3 Å². The number of carbonyl (C=O) groups excluding carboxylic acids is 1. The van der Waals surface area contributed by atoms with Gasteiger partial charge in [-0.1, -0.05) is 39.6 Å². The molecule has 15 heteroatoms. The van der Waals surface area contributed by atoms with E-state index in [9.17, 15) is 31.3 Å². The predicted molar refractivity (Wildman–Crippen MR) is 165 cm³/mol. The molecule has 0 aliphatic carbocycles. The summed E-state index contributed by atoms with van der Waals surface area (Å²) in [4.78, 5) is 16.7. The Morgan fingerprint density at radius 1 is 1.11 bits per heavy atom. The normalized spacial score (nSPS) is 17.4. The van der Waals surface area contributed by atoms with Gasteiger partial charge < -0.3 is 19.2 Å². The van der Waals surface area contributed by atoms with Crippen LogP contribution in [0, 0.1) is 5.41 Å². The van der Waals surface area contributed by atoms with E-state index in [1.54, 1.807) is 32.9 Å². The van der Waals surface area contributed by atoms with Gasteiger partial charge in [0.1, 0.15) is 36.2 Å². The number of fused-ring (bicyclic) bond motifs is 1. The molecule has 0 spiro atoms. The summed E-state index contributed by atoms with van der Waals surface area (Å²) in [6, 6.07) is 3.14. The van der Waals surface area contributed by atoms with Gasteiger partial charge in [0.05, 0.1) is 22.5 Å². The minimum Gasteiger partial charge on any atom is -0.598 e. The van der Waals surface area contributed by atoms with E-state index >= 15 is 4.39 Å². The standard InChI is InChI=1S/C29H46F6N4O3SSi/c1-17(36-26(40)22(32)19(31)15-30)18-10-11-21-20(14-18)37-25(39(21)16-42-12-13-44(7,8)9)23(38-43(41)28(2,3)4)24(33)29(5,6)27(34)35/h10-11,14,17,19,22-24,27,38H,12-13,15-16H2,1-9H3,(H,36,40)/t17-,19?,22?,23-,24?,43?/m1/s1. The second kappa shape index (κ2) is 15.2. The quantitative estimate of drug-likeness (QED) is 0.0877. The molecule has 0 radical (unpaired) electrons. The molecule has 1 aromatic carbocycles. The molecule has 0 saturated heterocycles. The number of imidazole rings is 1. The lowest BCUT2D eigenvalue weighted by molar-refractivity contribution is -0.129. The highest BCUT2D eigenvalue weighted by molar-refractivity contribution is 7.90. The first-order valence-electron chi connectivity index (χ1n) is 14.4. The molecular weight excluding hydrogens is 626 g/mol. The molecule has 1 aromatic heterocycles. The molecule has 2 rings (SSSR count). The summed E-state index contributed by atoms with van der Waals surface area (Å²) in [5, 5.41) is 2.30. The molecule has 6 atom stereocenters. The van der Waals surface area contributed by atoms with Gasteiger partial charge in [-0.15, -0.1) is 4.72 Å². The number of alkyl halides is 6. The van der Waals surface area contributed by atoms with Crippen LogP contribution in [0.25, 0.3) is 11.0 Å². The number of halogens is 6. The molecule has 252 valence electrons. The zero-order chi connectivity index (χ0) is 33.8. The van der Waals surface area contributed by atoms with Gasteiger partial charge in [0.15, 0.2) is 6.17 Å². The van der Waals surface area contributed by atoms with Gasteiger partial charge in [-0.2, -0.15) is 0 Å². The van der Waals surface area contributed by atoms with Crippen LogP contribution in [0.4, 0.5) is 26.3 Å². The lowest BCUT2D eigenvalue weighted by Gasteiger charge is -2.35. The molecule has 0 aliphatic heterocycles. The second-order valence-electron chi connectivity index (χ2n) is 13.8. The van der Waals surface area contributed by atoms with E-state index < -0.39 is 79.2 Å². The van der Waals surface area contributed by atoms with Crippen LogP contribution in [0.1, 0.15) is 65.0 Å². The molecule has 2 N–H and O–H groups in total. The first-order chi connectivity index (χ1) is 20.1. The number of hydrogen-bond donors (Lipinski definition) is 2. The summed E-state index contributed by atoms with van der Waals surface area (Å²) in [5.74, 6) is -1.35. The number of carbonyl (C=O) groups is 1. The monoisotopic (exact) mass is 672 g/mol. The van der Waals surface area contributed by atoms with Crippen LogP contribution in [0.3, 0.4) is 0 Å². The van der Waals surface area contributed by atoms with E-state index in [4.69, 9.17) is 4.74 Å². The Hall–Kier alpha value is -1.81. The number of amides is 1. The minimum absolute atomic E-state index is 0.0206. The average molecular weight is 673 g/mol. The Kier molecular flexibility index (Phi) is 13.2. The summed E-state index contributed by atoms with van der Waals surface area (Å²) in [6.07, 6.45) is -10.6. The summed E-state index contributed by atoms with van der Waals surface area (Å²) < 4.78 is 107. The van der Waals surface area contributed by atoms with Gasteiger partial charge >= 0.3 is 0 Å². The van der Waals surface area contributed by atoms with E-state index in [0.717, 1.165) is 19.9 Å². The fraction of sp³-hybridized carbons (Fsp3) is 0.724. The topological polar surface area (TPSA) is 91.2 Å². The van der Waals surface area contributed by atoms with E-state index in [1.165, 1.54) is 17.6 Å². The smallest absolute Gasteiger partial charge is 0.258 e. The van der Waals surface area contributed by atoms with Crippen molar-refractivity contribution in [3.05, 3.63) is 29.6 Å². The predicted octanol–water partition coefficient (Wildman–Crippen LogP) is 6.89. The van der Waals surface area contributed by atoms with Gasteiger partial charge in [0, 0.05) is 26.0 Å². The van der Waals surface area contributed by atoms with Gasteiger partial charge in [0.2, 0.25) is 12.6 Å². The zero-order valence-corrected chi connectivity index (χ0v) is 28.6. The molecule has 44 heavy (non-hydrogen) atoms. The lowest BCUT2D eigenvalue weighted by atomic mass is 9.84. The summed E-state index contributed by atoms with van der Waals surface area (Å²) in [5.41, 5.74) is -1.03. The van der Waals surface area contributed by atoms with Gasteiger partial charge in [0.25, 0.3) is 5.91 Å². The maximum atomic E-state index is 16.2. The first-order valence-corrected chi connectivity index (χ1v) is 19.3. The molecule has 7 nitrogen and oxygen atoms in total. The highest BCUT2D eigenvalue weighted by atomic mass is 32.2. The Labute approximate surface area is 260 Å². The Bertz CT molecular complexity index is 1240. The molecule has 0 aliphatic rings. The molecular formula is C29H46F6N4O3SSi. The Morgan fingerprint density at radius 3 is 2.25 bits per heavy atom. The number of benzene rings is 1. The van der Waals surface area contributed by atoms with Crippen molar-refractivity contribution in [1.82, 2.24) is 19.6 Å². The van der Waals surface area contributed by atoms with Crippen LogP contribution >= 0.6 is 0 Å². The van der Waals surface area contributed by atoms with Crippen molar-refractivity contribution in [2.24, 2.45) is 5.41 Å². The number of rotatable bonds is 16. The van der Waals surface area contributed by atoms with Gasteiger partial charge in [-0.3, -0.25) is 4.79 Å². The molecule has 0 saturated carbocycles. The maximum Gasteiger partial charge on any atom is 0.258 e. The second-order valence-corrected chi connectivity index (χ2v) is 21.4. The van der Waals surface area contributed by atoms with E-state index in [2.05, 4.69) is 34.7 Å². The minimum atomic E-state index is -3.05. The molecule has 2 aromatic rings. The van der Waals surface area contributed by atoms with E-state index in [1.807, 2.05) is 0 Å². The number of ether oxygens (including phenoxy) is 1. The van der Waals surface area contributed by atoms with Gasteiger partial charge in [-0.05, 0) is 51.4 Å². The molecule has 1 heterocycles. The molecule has 0 bridgehead atoms.